The van der Waals surface area contributed by atoms with E-state index in [0.29, 0.717) is 6.04 Å². The molecule has 3 heteroatoms. The van der Waals surface area contributed by atoms with E-state index in [4.69, 9.17) is 0 Å². The SMILES string of the molecule is CCCNC(CC1CCCCC1)c1cc2sccc2s1. The second-order valence-electron chi connectivity index (χ2n) is 6.04. The number of hydrogen-bond acceptors (Lipinski definition) is 3. The van der Waals surface area contributed by atoms with Gasteiger partial charge in [-0.1, -0.05) is 39.0 Å². The molecule has 0 radical (unpaired) electrons. The molecule has 0 saturated heterocycles. The van der Waals surface area contributed by atoms with Gasteiger partial charge in [-0.05, 0) is 42.8 Å². The molecule has 20 heavy (non-hydrogen) atoms. The molecule has 0 aliphatic heterocycles. The Morgan fingerprint density at radius 3 is 2.85 bits per heavy atom. The highest BCUT2D eigenvalue weighted by Gasteiger charge is 2.21. The van der Waals surface area contributed by atoms with Crippen molar-refractivity contribution in [1.82, 2.24) is 5.32 Å². The minimum Gasteiger partial charge on any atom is -0.309 e. The molecule has 0 amide bonds. The zero-order valence-corrected chi connectivity index (χ0v) is 14.0. The lowest BCUT2D eigenvalue weighted by molar-refractivity contribution is 0.301. The van der Waals surface area contributed by atoms with Crippen LogP contribution in [0.15, 0.2) is 17.5 Å². The van der Waals surface area contributed by atoms with Crippen molar-refractivity contribution in [2.75, 3.05) is 6.54 Å². The van der Waals surface area contributed by atoms with E-state index in [-0.39, 0.29) is 0 Å². The van der Waals surface area contributed by atoms with Gasteiger partial charge >= 0.3 is 0 Å². The molecule has 0 bridgehead atoms. The first kappa shape index (κ1) is 14.6. The quantitative estimate of drug-likeness (QED) is 0.693. The molecular formula is C17H25NS2. The van der Waals surface area contributed by atoms with E-state index in [2.05, 4.69) is 29.8 Å². The Hall–Kier alpha value is -0.380. The monoisotopic (exact) mass is 307 g/mol. The molecular weight excluding hydrogens is 282 g/mol. The van der Waals surface area contributed by atoms with Gasteiger partial charge in [0.25, 0.3) is 0 Å². The summed E-state index contributed by atoms with van der Waals surface area (Å²) in [4.78, 5) is 1.56. The fraction of sp³-hybridized carbons (Fsp3) is 0.647. The van der Waals surface area contributed by atoms with Crippen LogP contribution < -0.4 is 5.32 Å². The Balaban J connectivity index is 1.72. The van der Waals surface area contributed by atoms with Crippen LogP contribution in [-0.2, 0) is 0 Å². The molecule has 2 heterocycles. The lowest BCUT2D eigenvalue weighted by atomic mass is 9.84. The summed E-state index contributed by atoms with van der Waals surface area (Å²) in [5, 5.41) is 6.01. The Morgan fingerprint density at radius 1 is 1.25 bits per heavy atom. The van der Waals surface area contributed by atoms with Crippen LogP contribution in [-0.4, -0.2) is 6.54 Å². The summed E-state index contributed by atoms with van der Waals surface area (Å²) < 4.78 is 2.94. The number of hydrogen-bond donors (Lipinski definition) is 1. The van der Waals surface area contributed by atoms with Crippen molar-refractivity contribution in [2.45, 2.75) is 57.9 Å². The Labute approximate surface area is 130 Å². The second kappa shape index (κ2) is 7.06. The molecule has 0 spiro atoms. The minimum absolute atomic E-state index is 0.586. The number of fused-ring (bicyclic) bond motifs is 1. The molecule has 1 atom stereocenters. The largest absolute Gasteiger partial charge is 0.309 e. The maximum Gasteiger partial charge on any atom is 0.0454 e. The number of thiophene rings is 2. The van der Waals surface area contributed by atoms with Crippen molar-refractivity contribution >= 4 is 32.1 Å². The summed E-state index contributed by atoms with van der Waals surface area (Å²) >= 11 is 3.88. The highest BCUT2D eigenvalue weighted by atomic mass is 32.1. The fourth-order valence-corrected chi connectivity index (χ4v) is 5.54. The van der Waals surface area contributed by atoms with Gasteiger partial charge in [-0.3, -0.25) is 0 Å². The van der Waals surface area contributed by atoms with Gasteiger partial charge in [0, 0.05) is 20.3 Å². The van der Waals surface area contributed by atoms with Crippen LogP contribution in [0.5, 0.6) is 0 Å². The molecule has 1 saturated carbocycles. The van der Waals surface area contributed by atoms with E-state index < -0.39 is 0 Å². The van der Waals surface area contributed by atoms with Crippen LogP contribution in [0.4, 0.5) is 0 Å². The molecule has 1 aliphatic rings. The summed E-state index contributed by atoms with van der Waals surface area (Å²) in [6.45, 7) is 3.40. The van der Waals surface area contributed by atoms with Crippen molar-refractivity contribution in [2.24, 2.45) is 5.92 Å². The standard InChI is InChI=1S/C17H25NS2/c1-2-9-18-14(11-13-6-4-3-5-7-13)16-12-17-15(20-16)8-10-19-17/h8,10,12-14,18H,2-7,9,11H2,1H3. The number of nitrogens with one attached hydrogen (secondary N) is 1. The van der Waals surface area contributed by atoms with Crippen molar-refractivity contribution in [3.05, 3.63) is 22.4 Å². The van der Waals surface area contributed by atoms with Gasteiger partial charge in [0.05, 0.1) is 0 Å². The summed E-state index contributed by atoms with van der Waals surface area (Å²) in [5.74, 6) is 0.943. The molecule has 1 nitrogen and oxygen atoms in total. The Kier molecular flexibility index (Phi) is 5.14. The molecule has 1 fully saturated rings. The third-order valence-electron chi connectivity index (χ3n) is 4.44. The van der Waals surface area contributed by atoms with E-state index in [1.54, 1.807) is 4.88 Å². The lowest BCUT2D eigenvalue weighted by Gasteiger charge is -2.26. The highest BCUT2D eigenvalue weighted by molar-refractivity contribution is 7.26. The minimum atomic E-state index is 0.586. The first-order chi connectivity index (χ1) is 9.86. The van der Waals surface area contributed by atoms with Gasteiger partial charge in [0.15, 0.2) is 0 Å². The van der Waals surface area contributed by atoms with Crippen molar-refractivity contribution < 1.29 is 0 Å². The summed E-state index contributed by atoms with van der Waals surface area (Å²) in [6.07, 6.45) is 9.82. The van der Waals surface area contributed by atoms with Crippen LogP contribution in [0.3, 0.4) is 0 Å². The van der Waals surface area contributed by atoms with Crippen molar-refractivity contribution in [1.29, 1.82) is 0 Å². The maximum atomic E-state index is 3.80. The molecule has 110 valence electrons. The zero-order chi connectivity index (χ0) is 13.8. The second-order valence-corrected chi connectivity index (χ2v) is 8.11. The van der Waals surface area contributed by atoms with Gasteiger partial charge < -0.3 is 5.32 Å². The first-order valence-electron chi connectivity index (χ1n) is 8.07. The molecule has 1 unspecified atom stereocenters. The molecule has 2 aromatic rings. The van der Waals surface area contributed by atoms with E-state index in [9.17, 15) is 0 Å². The van der Waals surface area contributed by atoms with Crippen LogP contribution in [0, 0.1) is 5.92 Å². The van der Waals surface area contributed by atoms with Gasteiger partial charge in [0.1, 0.15) is 0 Å². The highest BCUT2D eigenvalue weighted by Crippen LogP contribution is 2.38. The first-order valence-corrected chi connectivity index (χ1v) is 9.76. The molecule has 1 aliphatic carbocycles. The molecule has 2 aromatic heterocycles. The van der Waals surface area contributed by atoms with Crippen molar-refractivity contribution in [3.8, 4) is 0 Å². The Bertz CT molecular complexity index is 493. The van der Waals surface area contributed by atoms with E-state index in [1.807, 2.05) is 22.7 Å². The van der Waals surface area contributed by atoms with Crippen LogP contribution in [0.25, 0.3) is 9.40 Å². The summed E-state index contributed by atoms with van der Waals surface area (Å²) in [6, 6.07) is 5.29. The van der Waals surface area contributed by atoms with Crippen LogP contribution in [0.2, 0.25) is 0 Å². The average Bonchev–Trinajstić information content (AvgIpc) is 3.05. The normalized spacial score (nSPS) is 18.6. The third-order valence-corrected chi connectivity index (χ3v) is 6.64. The molecule has 1 N–H and O–H groups in total. The topological polar surface area (TPSA) is 12.0 Å². The number of rotatable bonds is 6. The van der Waals surface area contributed by atoms with Gasteiger partial charge in [-0.25, -0.2) is 0 Å². The van der Waals surface area contributed by atoms with Crippen molar-refractivity contribution in [3.63, 3.8) is 0 Å². The maximum absolute atomic E-state index is 3.80. The smallest absolute Gasteiger partial charge is 0.0454 e. The zero-order valence-electron chi connectivity index (χ0n) is 12.4. The summed E-state index contributed by atoms with van der Waals surface area (Å²) in [7, 11) is 0. The van der Waals surface area contributed by atoms with Crippen LogP contribution in [0.1, 0.15) is 62.8 Å². The lowest BCUT2D eigenvalue weighted by Crippen LogP contribution is -2.24. The Morgan fingerprint density at radius 2 is 2.10 bits per heavy atom. The van der Waals surface area contributed by atoms with E-state index in [0.717, 1.165) is 12.5 Å². The van der Waals surface area contributed by atoms with Crippen LogP contribution >= 0.6 is 22.7 Å². The molecule has 0 aromatic carbocycles. The fourth-order valence-electron chi connectivity index (χ4n) is 3.33. The summed E-state index contributed by atoms with van der Waals surface area (Å²) in [5.41, 5.74) is 0. The average molecular weight is 308 g/mol. The van der Waals surface area contributed by atoms with E-state index >= 15 is 0 Å². The third kappa shape index (κ3) is 3.44. The predicted molar refractivity (Wildman–Crippen MR) is 91.9 cm³/mol. The van der Waals surface area contributed by atoms with Gasteiger partial charge in [0.2, 0.25) is 0 Å². The van der Waals surface area contributed by atoms with E-state index in [1.165, 1.54) is 54.3 Å². The van der Waals surface area contributed by atoms with Gasteiger partial charge in [-0.2, -0.15) is 0 Å². The predicted octanol–water partition coefficient (Wildman–Crippen LogP) is 5.97. The van der Waals surface area contributed by atoms with Gasteiger partial charge in [-0.15, -0.1) is 22.7 Å². The molecule has 3 rings (SSSR count).